The largest absolute Gasteiger partial charge is 0.497 e. The molecule has 0 aliphatic heterocycles. The second kappa shape index (κ2) is 5.89. The van der Waals surface area contributed by atoms with Gasteiger partial charge in [0.05, 0.1) is 12.6 Å². The lowest BCUT2D eigenvalue weighted by Crippen LogP contribution is -2.01. The first-order valence-corrected chi connectivity index (χ1v) is 6.95. The summed E-state index contributed by atoms with van der Waals surface area (Å²) >= 11 is 0. The van der Waals surface area contributed by atoms with Crippen LogP contribution in [-0.4, -0.2) is 17.9 Å². The number of H-pyrrole nitrogens is 1. The summed E-state index contributed by atoms with van der Waals surface area (Å²) in [5, 5.41) is 0. The van der Waals surface area contributed by atoms with Crippen molar-refractivity contribution in [3.8, 4) is 5.75 Å². The molecule has 0 aliphatic rings. The highest BCUT2D eigenvalue weighted by Crippen LogP contribution is 2.17. The third-order valence-electron chi connectivity index (χ3n) is 3.52. The molecule has 3 aromatic rings. The van der Waals surface area contributed by atoms with Gasteiger partial charge in [-0.3, -0.25) is 9.78 Å². The van der Waals surface area contributed by atoms with E-state index in [4.69, 9.17) is 9.15 Å². The van der Waals surface area contributed by atoms with E-state index in [1.54, 1.807) is 25.3 Å². The zero-order valence-electron chi connectivity index (χ0n) is 12.1. The smallest absolute Gasteiger partial charge is 0.417 e. The molecule has 1 aromatic heterocycles. The lowest BCUT2D eigenvalue weighted by molar-refractivity contribution is 0.0983. The Morgan fingerprint density at radius 1 is 1.23 bits per heavy atom. The average Bonchev–Trinajstić information content (AvgIpc) is 2.91. The van der Waals surface area contributed by atoms with Crippen molar-refractivity contribution >= 4 is 16.9 Å². The number of methoxy groups -OCH3 is 1. The summed E-state index contributed by atoms with van der Waals surface area (Å²) in [6.45, 7) is 0. The number of hydrogen-bond acceptors (Lipinski definition) is 4. The molecule has 0 radical (unpaired) electrons. The van der Waals surface area contributed by atoms with Crippen LogP contribution < -0.4 is 10.5 Å². The summed E-state index contributed by atoms with van der Waals surface area (Å²) in [5.41, 5.74) is 2.58. The van der Waals surface area contributed by atoms with E-state index in [0.717, 1.165) is 11.3 Å². The van der Waals surface area contributed by atoms with E-state index in [0.29, 0.717) is 29.5 Å². The average molecular weight is 297 g/mol. The van der Waals surface area contributed by atoms with Crippen LogP contribution in [0, 0.1) is 0 Å². The summed E-state index contributed by atoms with van der Waals surface area (Å²) in [4.78, 5) is 25.9. The number of ketones is 1. The molecule has 0 bridgehead atoms. The SMILES string of the molecule is COc1cccc(CCC(=O)c2ccc3[nH]c(=O)oc3c2)c1. The van der Waals surface area contributed by atoms with Crippen LogP contribution in [0.15, 0.2) is 51.7 Å². The van der Waals surface area contributed by atoms with Crippen molar-refractivity contribution in [3.63, 3.8) is 0 Å². The first kappa shape index (κ1) is 14.1. The van der Waals surface area contributed by atoms with Crippen molar-refractivity contribution in [2.24, 2.45) is 0 Å². The highest BCUT2D eigenvalue weighted by Gasteiger charge is 2.09. The van der Waals surface area contributed by atoms with Gasteiger partial charge in [0.25, 0.3) is 0 Å². The molecule has 0 saturated heterocycles. The number of fused-ring (bicyclic) bond motifs is 1. The fourth-order valence-corrected chi connectivity index (χ4v) is 2.35. The number of rotatable bonds is 5. The molecule has 1 N–H and O–H groups in total. The van der Waals surface area contributed by atoms with Gasteiger partial charge < -0.3 is 9.15 Å². The van der Waals surface area contributed by atoms with Crippen molar-refractivity contribution in [1.82, 2.24) is 4.98 Å². The van der Waals surface area contributed by atoms with Gasteiger partial charge >= 0.3 is 5.76 Å². The summed E-state index contributed by atoms with van der Waals surface area (Å²) in [5.74, 6) is 0.269. The van der Waals surface area contributed by atoms with E-state index in [2.05, 4.69) is 4.98 Å². The van der Waals surface area contributed by atoms with Crippen molar-refractivity contribution in [3.05, 3.63) is 64.1 Å². The van der Waals surface area contributed by atoms with Crippen LogP contribution >= 0.6 is 0 Å². The molecule has 0 atom stereocenters. The normalized spacial score (nSPS) is 10.8. The molecule has 0 aliphatic carbocycles. The standard InChI is InChI=1S/C17H15NO4/c1-21-13-4-2-3-11(9-13)5-8-15(19)12-6-7-14-16(10-12)22-17(20)18-14/h2-4,6-7,9-10H,5,8H2,1H3,(H,18,20). The molecule has 0 amide bonds. The number of aromatic amines is 1. The van der Waals surface area contributed by atoms with Crippen molar-refractivity contribution in [2.45, 2.75) is 12.8 Å². The van der Waals surface area contributed by atoms with E-state index in [-0.39, 0.29) is 5.78 Å². The predicted molar refractivity (Wildman–Crippen MR) is 82.5 cm³/mol. The van der Waals surface area contributed by atoms with Crippen LogP contribution in [0.2, 0.25) is 0 Å². The Balaban J connectivity index is 1.73. The quantitative estimate of drug-likeness (QED) is 0.735. The third-order valence-corrected chi connectivity index (χ3v) is 3.52. The molecule has 5 nitrogen and oxygen atoms in total. The number of carbonyl (C=O) groups is 1. The van der Waals surface area contributed by atoms with Crippen LogP contribution in [0.3, 0.4) is 0 Å². The summed E-state index contributed by atoms with van der Waals surface area (Å²) in [6, 6.07) is 12.6. The maximum atomic E-state index is 12.3. The number of nitrogens with one attached hydrogen (secondary N) is 1. The van der Waals surface area contributed by atoms with Crippen molar-refractivity contribution in [2.75, 3.05) is 7.11 Å². The van der Waals surface area contributed by atoms with Gasteiger partial charge in [0, 0.05) is 12.0 Å². The van der Waals surface area contributed by atoms with Gasteiger partial charge in [0.1, 0.15) is 5.75 Å². The van der Waals surface area contributed by atoms with Crippen LogP contribution in [-0.2, 0) is 6.42 Å². The Hall–Kier alpha value is -2.82. The molecule has 112 valence electrons. The maximum Gasteiger partial charge on any atom is 0.417 e. The summed E-state index contributed by atoms with van der Waals surface area (Å²) < 4.78 is 10.1. The molecule has 0 saturated carbocycles. The second-order valence-corrected chi connectivity index (χ2v) is 5.00. The van der Waals surface area contributed by atoms with Gasteiger partial charge in [-0.1, -0.05) is 12.1 Å². The predicted octanol–water partition coefficient (Wildman–Crippen LogP) is 2.95. The Kier molecular flexibility index (Phi) is 3.78. The first-order chi connectivity index (χ1) is 10.7. The van der Waals surface area contributed by atoms with E-state index in [1.807, 2.05) is 24.3 Å². The number of aromatic nitrogens is 1. The maximum absolute atomic E-state index is 12.3. The highest BCUT2D eigenvalue weighted by atomic mass is 16.5. The Morgan fingerprint density at radius 3 is 2.91 bits per heavy atom. The topological polar surface area (TPSA) is 72.3 Å². The van der Waals surface area contributed by atoms with Crippen LogP contribution in [0.5, 0.6) is 5.75 Å². The number of benzene rings is 2. The number of hydrogen-bond donors (Lipinski definition) is 1. The molecule has 0 spiro atoms. The van der Waals surface area contributed by atoms with Gasteiger partial charge in [-0.05, 0) is 42.3 Å². The van der Waals surface area contributed by atoms with Gasteiger partial charge in [-0.2, -0.15) is 0 Å². The molecule has 2 aromatic carbocycles. The molecule has 0 fully saturated rings. The molecule has 0 unspecified atom stereocenters. The van der Waals surface area contributed by atoms with Crippen LogP contribution in [0.1, 0.15) is 22.3 Å². The Bertz CT molecular complexity index is 875. The molecule has 22 heavy (non-hydrogen) atoms. The van der Waals surface area contributed by atoms with Crippen LogP contribution in [0.4, 0.5) is 0 Å². The lowest BCUT2D eigenvalue weighted by atomic mass is 10.0. The molecule has 5 heteroatoms. The van der Waals surface area contributed by atoms with Crippen molar-refractivity contribution < 1.29 is 13.9 Å². The molecule has 1 heterocycles. The van der Waals surface area contributed by atoms with Gasteiger partial charge in [-0.25, -0.2) is 4.79 Å². The van der Waals surface area contributed by atoms with Gasteiger partial charge in [0.2, 0.25) is 0 Å². The first-order valence-electron chi connectivity index (χ1n) is 6.95. The zero-order chi connectivity index (χ0) is 15.5. The number of oxazole rings is 1. The van der Waals surface area contributed by atoms with E-state index in [1.165, 1.54) is 0 Å². The zero-order valence-corrected chi connectivity index (χ0v) is 12.1. The fraction of sp³-hybridized carbons (Fsp3) is 0.176. The fourth-order valence-electron chi connectivity index (χ4n) is 2.35. The number of Topliss-reactive ketones (excluding diaryl/α,β-unsaturated/α-hetero) is 1. The van der Waals surface area contributed by atoms with Crippen LogP contribution in [0.25, 0.3) is 11.1 Å². The number of ether oxygens (including phenoxy) is 1. The Morgan fingerprint density at radius 2 is 2.09 bits per heavy atom. The summed E-state index contributed by atoms with van der Waals surface area (Å²) in [7, 11) is 1.62. The van der Waals surface area contributed by atoms with E-state index >= 15 is 0 Å². The minimum absolute atomic E-state index is 0.00793. The lowest BCUT2D eigenvalue weighted by Gasteiger charge is -2.04. The molecular formula is C17H15NO4. The summed E-state index contributed by atoms with van der Waals surface area (Å²) in [6.07, 6.45) is 1.01. The minimum atomic E-state index is -0.518. The van der Waals surface area contributed by atoms with E-state index in [9.17, 15) is 9.59 Å². The van der Waals surface area contributed by atoms with E-state index < -0.39 is 5.76 Å². The number of aryl methyl sites for hydroxylation is 1. The highest BCUT2D eigenvalue weighted by molar-refractivity contribution is 5.98. The minimum Gasteiger partial charge on any atom is -0.497 e. The van der Waals surface area contributed by atoms with Crippen molar-refractivity contribution in [1.29, 1.82) is 0 Å². The monoisotopic (exact) mass is 297 g/mol. The number of carbonyl (C=O) groups excluding carboxylic acids is 1. The third kappa shape index (κ3) is 2.93. The Labute approximate surface area is 126 Å². The van der Waals surface area contributed by atoms with Gasteiger partial charge in [0.15, 0.2) is 11.4 Å². The van der Waals surface area contributed by atoms with Gasteiger partial charge in [-0.15, -0.1) is 0 Å². The second-order valence-electron chi connectivity index (χ2n) is 5.00. The molecular weight excluding hydrogens is 282 g/mol. The molecule has 3 rings (SSSR count).